The molecule has 0 saturated heterocycles. The molecule has 2 atom stereocenters. The first-order valence-corrected chi connectivity index (χ1v) is 10.5. The molecular weight excluding hydrogens is 368 g/mol. The lowest BCUT2D eigenvalue weighted by molar-refractivity contribution is -0.130. The van der Waals surface area contributed by atoms with Gasteiger partial charge in [0.25, 0.3) is 0 Å². The number of aryl methyl sites for hydroxylation is 1. The van der Waals surface area contributed by atoms with Crippen LogP contribution in [0.2, 0.25) is 0 Å². The topological polar surface area (TPSA) is 89.3 Å². The molecule has 1 amide bonds. The van der Waals surface area contributed by atoms with Gasteiger partial charge in [0.05, 0.1) is 12.6 Å². The molecule has 2 aromatic rings. The first kappa shape index (κ1) is 18.5. The number of methoxy groups -OCH3 is 1. The molecule has 29 heavy (non-hydrogen) atoms. The number of ether oxygens (including phenoxy) is 1. The van der Waals surface area contributed by atoms with E-state index in [9.17, 15) is 9.90 Å². The van der Waals surface area contributed by atoms with E-state index in [1.54, 1.807) is 18.5 Å². The summed E-state index contributed by atoms with van der Waals surface area (Å²) < 4.78 is 7.14. The third-order valence-electron chi connectivity index (χ3n) is 7.22. The SMILES string of the molecule is COc1ccc(CCC(=O)NC23CC4CC(C2)CC(n2cncn2)(C4)C3)cc1O. The molecule has 1 aromatic heterocycles. The zero-order chi connectivity index (χ0) is 20.1. The van der Waals surface area contributed by atoms with Gasteiger partial charge in [0.2, 0.25) is 5.91 Å². The Bertz CT molecular complexity index is 897. The molecule has 7 heteroatoms. The monoisotopic (exact) mass is 396 g/mol. The van der Waals surface area contributed by atoms with Crippen molar-refractivity contribution in [2.45, 2.75) is 62.4 Å². The van der Waals surface area contributed by atoms with Crippen LogP contribution in [0.1, 0.15) is 50.5 Å². The predicted molar refractivity (Wildman–Crippen MR) is 107 cm³/mol. The fraction of sp³-hybridized carbons (Fsp3) is 0.591. The van der Waals surface area contributed by atoms with Crippen LogP contribution in [0.4, 0.5) is 0 Å². The van der Waals surface area contributed by atoms with Crippen molar-refractivity contribution in [2.24, 2.45) is 11.8 Å². The fourth-order valence-corrected chi connectivity index (χ4v) is 6.59. The number of hydrogen-bond donors (Lipinski definition) is 2. The van der Waals surface area contributed by atoms with Gasteiger partial charge in [-0.3, -0.25) is 4.79 Å². The molecule has 6 rings (SSSR count). The second kappa shape index (κ2) is 6.75. The van der Waals surface area contributed by atoms with Crippen LogP contribution in [-0.4, -0.2) is 38.4 Å². The Labute approximate surface area is 170 Å². The molecule has 1 heterocycles. The number of nitrogens with one attached hydrogen (secondary N) is 1. The highest BCUT2D eigenvalue weighted by Crippen LogP contribution is 2.60. The van der Waals surface area contributed by atoms with Gasteiger partial charge in [-0.25, -0.2) is 9.67 Å². The number of phenols is 1. The van der Waals surface area contributed by atoms with Gasteiger partial charge in [-0.1, -0.05) is 6.07 Å². The third-order valence-corrected chi connectivity index (χ3v) is 7.22. The van der Waals surface area contributed by atoms with E-state index < -0.39 is 0 Å². The summed E-state index contributed by atoms with van der Waals surface area (Å²) in [6.07, 6.45) is 11.2. The lowest BCUT2D eigenvalue weighted by Crippen LogP contribution is -2.65. The zero-order valence-corrected chi connectivity index (χ0v) is 16.8. The van der Waals surface area contributed by atoms with E-state index in [1.165, 1.54) is 13.5 Å². The van der Waals surface area contributed by atoms with Crippen molar-refractivity contribution in [3.8, 4) is 11.5 Å². The van der Waals surface area contributed by atoms with Crippen LogP contribution in [0, 0.1) is 11.8 Å². The minimum atomic E-state index is -0.116. The summed E-state index contributed by atoms with van der Waals surface area (Å²) in [5.41, 5.74) is 0.827. The van der Waals surface area contributed by atoms with Gasteiger partial charge in [0, 0.05) is 12.0 Å². The van der Waals surface area contributed by atoms with E-state index >= 15 is 0 Å². The summed E-state index contributed by atoms with van der Waals surface area (Å²) in [7, 11) is 1.53. The van der Waals surface area contributed by atoms with E-state index in [2.05, 4.69) is 20.1 Å². The molecule has 0 aliphatic heterocycles. The van der Waals surface area contributed by atoms with Crippen molar-refractivity contribution in [3.05, 3.63) is 36.4 Å². The van der Waals surface area contributed by atoms with E-state index in [0.717, 1.165) is 37.7 Å². The van der Waals surface area contributed by atoms with Crippen molar-refractivity contribution in [3.63, 3.8) is 0 Å². The fourth-order valence-electron chi connectivity index (χ4n) is 6.59. The smallest absolute Gasteiger partial charge is 0.220 e. The Kier molecular flexibility index (Phi) is 4.29. The maximum Gasteiger partial charge on any atom is 0.220 e. The highest BCUT2D eigenvalue weighted by molar-refractivity contribution is 5.77. The molecule has 4 fully saturated rings. The average molecular weight is 396 g/mol. The van der Waals surface area contributed by atoms with Gasteiger partial charge in [-0.2, -0.15) is 5.10 Å². The van der Waals surface area contributed by atoms with Crippen molar-refractivity contribution in [1.29, 1.82) is 0 Å². The van der Waals surface area contributed by atoms with Crippen LogP contribution >= 0.6 is 0 Å². The molecule has 4 bridgehead atoms. The Morgan fingerprint density at radius 2 is 2.10 bits per heavy atom. The zero-order valence-electron chi connectivity index (χ0n) is 16.8. The molecule has 0 spiro atoms. The first-order chi connectivity index (χ1) is 14.0. The molecule has 4 aliphatic carbocycles. The molecule has 4 aliphatic rings. The van der Waals surface area contributed by atoms with E-state index in [-0.39, 0.29) is 22.7 Å². The molecule has 7 nitrogen and oxygen atoms in total. The van der Waals surface area contributed by atoms with Crippen molar-refractivity contribution >= 4 is 5.91 Å². The minimum Gasteiger partial charge on any atom is -0.504 e. The van der Waals surface area contributed by atoms with Gasteiger partial charge in [0.15, 0.2) is 11.5 Å². The van der Waals surface area contributed by atoms with E-state index in [4.69, 9.17) is 4.74 Å². The van der Waals surface area contributed by atoms with Crippen molar-refractivity contribution < 1.29 is 14.6 Å². The van der Waals surface area contributed by atoms with Crippen molar-refractivity contribution in [2.75, 3.05) is 7.11 Å². The summed E-state index contributed by atoms with van der Waals surface area (Å²) >= 11 is 0. The first-order valence-electron chi connectivity index (χ1n) is 10.5. The Balaban J connectivity index is 1.27. The average Bonchev–Trinajstić information content (AvgIpc) is 3.21. The predicted octanol–water partition coefficient (Wildman–Crippen LogP) is 2.79. The number of benzene rings is 1. The number of nitrogens with zero attached hydrogens (tertiary/aromatic N) is 3. The van der Waals surface area contributed by atoms with Gasteiger partial charge in [0.1, 0.15) is 12.7 Å². The second-order valence-electron chi connectivity index (χ2n) is 9.36. The number of hydrogen-bond acceptors (Lipinski definition) is 5. The molecule has 2 unspecified atom stereocenters. The van der Waals surface area contributed by atoms with Gasteiger partial charge >= 0.3 is 0 Å². The number of aromatic nitrogens is 3. The quantitative estimate of drug-likeness (QED) is 0.784. The van der Waals surface area contributed by atoms with Gasteiger partial charge in [-0.05, 0) is 74.5 Å². The van der Waals surface area contributed by atoms with Crippen LogP contribution in [0.3, 0.4) is 0 Å². The highest BCUT2D eigenvalue weighted by Gasteiger charge is 2.59. The van der Waals surface area contributed by atoms with Crippen LogP contribution < -0.4 is 10.1 Å². The standard InChI is InChI=1S/C22H28N4O3/c1-29-19-4-2-15(7-18(19)27)3-5-20(28)25-21-8-16-6-17(9-21)11-22(10-16,12-21)26-14-23-13-24-26/h2,4,7,13-14,16-17,27H,3,5-6,8-12H2,1H3,(H,25,28). The van der Waals surface area contributed by atoms with Crippen LogP contribution in [0.5, 0.6) is 11.5 Å². The highest BCUT2D eigenvalue weighted by atomic mass is 16.5. The number of phenolic OH excluding ortho intramolecular Hbond substituents is 1. The van der Waals surface area contributed by atoms with Gasteiger partial charge in [-0.15, -0.1) is 0 Å². The van der Waals surface area contributed by atoms with Crippen LogP contribution in [0.15, 0.2) is 30.9 Å². The molecule has 0 radical (unpaired) electrons. The lowest BCUT2D eigenvalue weighted by Gasteiger charge is -2.61. The molecular formula is C22H28N4O3. The Morgan fingerprint density at radius 3 is 2.76 bits per heavy atom. The number of amides is 1. The van der Waals surface area contributed by atoms with E-state index in [1.807, 2.05) is 12.4 Å². The second-order valence-corrected chi connectivity index (χ2v) is 9.36. The maximum absolute atomic E-state index is 12.9. The molecule has 2 N–H and O–H groups in total. The summed E-state index contributed by atoms with van der Waals surface area (Å²) in [6, 6.07) is 5.32. The number of carbonyl (C=O) groups is 1. The maximum atomic E-state index is 12.9. The number of aromatic hydroxyl groups is 1. The minimum absolute atomic E-state index is 0.00956. The number of carbonyl (C=O) groups excluding carboxylic acids is 1. The number of rotatable bonds is 6. The summed E-state index contributed by atoms with van der Waals surface area (Å²) in [4.78, 5) is 17.0. The largest absolute Gasteiger partial charge is 0.504 e. The Hall–Kier alpha value is -2.57. The summed E-state index contributed by atoms with van der Waals surface area (Å²) in [6.45, 7) is 0. The van der Waals surface area contributed by atoms with Crippen LogP contribution in [0.25, 0.3) is 0 Å². The van der Waals surface area contributed by atoms with Gasteiger partial charge < -0.3 is 15.2 Å². The van der Waals surface area contributed by atoms with Crippen LogP contribution in [-0.2, 0) is 16.8 Å². The molecule has 154 valence electrons. The third kappa shape index (κ3) is 3.26. The summed E-state index contributed by atoms with van der Waals surface area (Å²) in [5, 5.41) is 17.9. The Morgan fingerprint density at radius 1 is 1.31 bits per heavy atom. The molecule has 1 aromatic carbocycles. The molecule has 4 saturated carbocycles. The summed E-state index contributed by atoms with van der Waals surface area (Å²) in [5.74, 6) is 1.96. The van der Waals surface area contributed by atoms with E-state index in [0.29, 0.717) is 30.4 Å². The lowest BCUT2D eigenvalue weighted by atomic mass is 9.50. The van der Waals surface area contributed by atoms with Crippen molar-refractivity contribution in [1.82, 2.24) is 20.1 Å². The normalized spacial score (nSPS) is 32.3.